The molecule has 1 aromatic carbocycles. The third-order valence-electron chi connectivity index (χ3n) is 2.11. The second-order valence-corrected chi connectivity index (χ2v) is 3.12. The minimum absolute atomic E-state index is 0.0194. The van der Waals surface area contributed by atoms with Gasteiger partial charge < -0.3 is 4.42 Å². The Morgan fingerprint density at radius 1 is 1.12 bits per heavy atom. The Morgan fingerprint density at radius 3 is 2.31 bits per heavy atom. The average molecular weight is 217 g/mol. The molecule has 0 aliphatic carbocycles. The molecule has 80 valence electrons. The average Bonchev–Trinajstić information content (AvgIpc) is 2.77. The van der Waals surface area contributed by atoms with Crippen molar-refractivity contribution in [3.05, 3.63) is 52.3 Å². The highest BCUT2D eigenvalue weighted by molar-refractivity contribution is 5.72. The number of nitrogens with zero attached hydrogens (tertiary/aromatic N) is 1. The zero-order valence-electron chi connectivity index (χ0n) is 8.12. The summed E-state index contributed by atoms with van der Waals surface area (Å²) in [6, 6.07) is 9.11. The SMILES string of the molecule is O=Cc1ccc(-c2ccc([N+](=O)[O-])cc2)o1. The molecule has 2 aromatic rings. The molecule has 0 aliphatic heterocycles. The number of rotatable bonds is 3. The molecule has 0 unspecified atom stereocenters. The summed E-state index contributed by atoms with van der Waals surface area (Å²) >= 11 is 0. The van der Waals surface area contributed by atoms with Crippen molar-refractivity contribution in [2.24, 2.45) is 0 Å². The van der Waals surface area contributed by atoms with Crippen molar-refractivity contribution >= 4 is 12.0 Å². The molecule has 2 rings (SSSR count). The maximum atomic E-state index is 10.4. The largest absolute Gasteiger partial charge is 0.453 e. The van der Waals surface area contributed by atoms with Crippen molar-refractivity contribution in [3.8, 4) is 11.3 Å². The predicted octanol–water partition coefficient (Wildman–Crippen LogP) is 2.67. The molecule has 0 atom stereocenters. The van der Waals surface area contributed by atoms with Crippen molar-refractivity contribution in [2.45, 2.75) is 0 Å². The summed E-state index contributed by atoms with van der Waals surface area (Å²) in [5.74, 6) is 0.741. The van der Waals surface area contributed by atoms with Crippen LogP contribution in [0.4, 0.5) is 5.69 Å². The van der Waals surface area contributed by atoms with E-state index in [4.69, 9.17) is 4.42 Å². The monoisotopic (exact) mass is 217 g/mol. The lowest BCUT2D eigenvalue weighted by molar-refractivity contribution is -0.384. The quantitative estimate of drug-likeness (QED) is 0.450. The molecule has 1 aromatic heterocycles. The highest BCUT2D eigenvalue weighted by Gasteiger charge is 2.07. The smallest absolute Gasteiger partial charge is 0.269 e. The third-order valence-corrected chi connectivity index (χ3v) is 2.11. The van der Waals surface area contributed by atoms with E-state index < -0.39 is 4.92 Å². The first kappa shape index (κ1) is 10.1. The fourth-order valence-corrected chi connectivity index (χ4v) is 1.32. The number of hydrogen-bond acceptors (Lipinski definition) is 4. The molecule has 0 amide bonds. The van der Waals surface area contributed by atoms with E-state index in [1.54, 1.807) is 24.3 Å². The summed E-state index contributed by atoms with van der Waals surface area (Å²) in [5.41, 5.74) is 0.713. The van der Waals surface area contributed by atoms with E-state index in [-0.39, 0.29) is 11.4 Å². The Hall–Kier alpha value is -2.43. The molecule has 5 nitrogen and oxygen atoms in total. The third kappa shape index (κ3) is 1.83. The number of aldehydes is 1. The van der Waals surface area contributed by atoms with Crippen LogP contribution in [0.1, 0.15) is 10.6 Å². The molecule has 0 spiro atoms. The molecule has 0 saturated heterocycles. The van der Waals surface area contributed by atoms with Gasteiger partial charge in [0, 0.05) is 17.7 Å². The van der Waals surface area contributed by atoms with Crippen molar-refractivity contribution < 1.29 is 14.1 Å². The first-order valence-corrected chi connectivity index (χ1v) is 4.50. The van der Waals surface area contributed by atoms with E-state index in [2.05, 4.69) is 0 Å². The van der Waals surface area contributed by atoms with E-state index in [1.165, 1.54) is 12.1 Å². The maximum Gasteiger partial charge on any atom is 0.269 e. The van der Waals surface area contributed by atoms with Gasteiger partial charge in [-0.3, -0.25) is 14.9 Å². The van der Waals surface area contributed by atoms with Gasteiger partial charge in [0.05, 0.1) is 4.92 Å². The van der Waals surface area contributed by atoms with Crippen LogP contribution < -0.4 is 0 Å². The van der Waals surface area contributed by atoms with Gasteiger partial charge in [-0.2, -0.15) is 0 Å². The topological polar surface area (TPSA) is 73.3 Å². The van der Waals surface area contributed by atoms with E-state index in [0.717, 1.165) is 0 Å². The van der Waals surface area contributed by atoms with Crippen LogP contribution in [0.2, 0.25) is 0 Å². The molecule has 0 bridgehead atoms. The first-order valence-electron chi connectivity index (χ1n) is 4.50. The summed E-state index contributed by atoms with van der Waals surface area (Å²) < 4.78 is 5.18. The zero-order chi connectivity index (χ0) is 11.5. The van der Waals surface area contributed by atoms with Gasteiger partial charge in [-0.05, 0) is 24.3 Å². The van der Waals surface area contributed by atoms with Crippen LogP contribution in [0.25, 0.3) is 11.3 Å². The highest BCUT2D eigenvalue weighted by atomic mass is 16.6. The summed E-state index contributed by atoms with van der Waals surface area (Å²) in [6.45, 7) is 0. The fourth-order valence-electron chi connectivity index (χ4n) is 1.32. The summed E-state index contributed by atoms with van der Waals surface area (Å²) in [7, 11) is 0. The molecule has 0 aliphatic rings. The number of benzene rings is 1. The summed E-state index contributed by atoms with van der Waals surface area (Å²) in [5, 5.41) is 10.4. The van der Waals surface area contributed by atoms with E-state index in [0.29, 0.717) is 17.6 Å². The van der Waals surface area contributed by atoms with Crippen LogP contribution in [-0.2, 0) is 0 Å². The lowest BCUT2D eigenvalue weighted by Crippen LogP contribution is -1.86. The minimum Gasteiger partial charge on any atom is -0.453 e. The van der Waals surface area contributed by atoms with Crippen molar-refractivity contribution in [3.63, 3.8) is 0 Å². The van der Waals surface area contributed by atoms with Gasteiger partial charge in [0.1, 0.15) is 5.76 Å². The molecule has 16 heavy (non-hydrogen) atoms. The second kappa shape index (κ2) is 3.98. The summed E-state index contributed by atoms with van der Waals surface area (Å²) in [6.07, 6.45) is 0.606. The number of carbonyl (C=O) groups excluding carboxylic acids is 1. The predicted molar refractivity (Wildman–Crippen MR) is 56.2 cm³/mol. The number of furan rings is 1. The number of carbonyl (C=O) groups is 1. The molecule has 0 N–H and O–H groups in total. The lowest BCUT2D eigenvalue weighted by atomic mass is 10.1. The van der Waals surface area contributed by atoms with E-state index >= 15 is 0 Å². The number of hydrogen-bond donors (Lipinski definition) is 0. The molecule has 1 heterocycles. The van der Waals surface area contributed by atoms with Gasteiger partial charge in [-0.25, -0.2) is 0 Å². The Balaban J connectivity index is 2.34. The Kier molecular flexibility index (Phi) is 2.51. The van der Waals surface area contributed by atoms with Gasteiger partial charge in [-0.1, -0.05) is 0 Å². The number of nitro groups is 1. The van der Waals surface area contributed by atoms with Gasteiger partial charge in [0.25, 0.3) is 5.69 Å². The standard InChI is InChI=1S/C11H7NO4/c13-7-10-5-6-11(16-10)8-1-3-9(4-2-8)12(14)15/h1-7H. The minimum atomic E-state index is -0.469. The van der Waals surface area contributed by atoms with Crippen LogP contribution in [0.15, 0.2) is 40.8 Å². The Bertz CT molecular complexity index is 527. The molecular formula is C11H7NO4. The van der Waals surface area contributed by atoms with E-state index in [1.807, 2.05) is 0 Å². The molecule has 0 saturated carbocycles. The van der Waals surface area contributed by atoms with Crippen LogP contribution in [0, 0.1) is 10.1 Å². The van der Waals surface area contributed by atoms with Gasteiger partial charge >= 0.3 is 0 Å². The normalized spacial score (nSPS) is 10.0. The van der Waals surface area contributed by atoms with Crippen molar-refractivity contribution in [1.29, 1.82) is 0 Å². The van der Waals surface area contributed by atoms with Gasteiger partial charge in [-0.15, -0.1) is 0 Å². The molecule has 0 fully saturated rings. The fraction of sp³-hybridized carbons (Fsp3) is 0. The Labute approximate surface area is 90.5 Å². The van der Waals surface area contributed by atoms with Crippen LogP contribution >= 0.6 is 0 Å². The zero-order valence-corrected chi connectivity index (χ0v) is 8.12. The van der Waals surface area contributed by atoms with Crippen LogP contribution in [0.3, 0.4) is 0 Å². The molecule has 0 radical (unpaired) electrons. The van der Waals surface area contributed by atoms with Crippen molar-refractivity contribution in [1.82, 2.24) is 0 Å². The van der Waals surface area contributed by atoms with Gasteiger partial charge in [0.2, 0.25) is 0 Å². The first-order chi connectivity index (χ1) is 7.70. The lowest BCUT2D eigenvalue weighted by Gasteiger charge is -1.95. The maximum absolute atomic E-state index is 10.4. The van der Waals surface area contributed by atoms with Crippen LogP contribution in [-0.4, -0.2) is 11.2 Å². The van der Waals surface area contributed by atoms with Crippen LogP contribution in [0.5, 0.6) is 0 Å². The summed E-state index contributed by atoms with van der Waals surface area (Å²) in [4.78, 5) is 20.4. The molecular weight excluding hydrogens is 210 g/mol. The number of nitro benzene ring substituents is 1. The second-order valence-electron chi connectivity index (χ2n) is 3.12. The Morgan fingerprint density at radius 2 is 1.81 bits per heavy atom. The molecule has 5 heteroatoms. The van der Waals surface area contributed by atoms with Crippen molar-refractivity contribution in [2.75, 3.05) is 0 Å². The number of non-ortho nitro benzene ring substituents is 1. The highest BCUT2D eigenvalue weighted by Crippen LogP contribution is 2.23. The van der Waals surface area contributed by atoms with Gasteiger partial charge in [0.15, 0.2) is 12.0 Å². The van der Waals surface area contributed by atoms with E-state index in [9.17, 15) is 14.9 Å².